The minimum Gasteiger partial charge on any atom is -0.373 e. The Morgan fingerprint density at radius 2 is 1.61 bits per heavy atom. The van der Waals surface area contributed by atoms with Crippen LogP contribution < -0.4 is 0 Å². The lowest BCUT2D eigenvalue weighted by atomic mass is 9.72. The van der Waals surface area contributed by atoms with E-state index in [4.69, 9.17) is 6.42 Å². The molecule has 0 aliphatic carbocycles. The molecule has 0 saturated heterocycles. The summed E-state index contributed by atoms with van der Waals surface area (Å²) in [5.74, 6) is 2.55. The molecule has 0 saturated carbocycles. The highest BCUT2D eigenvalue weighted by molar-refractivity contribution is 5.83. The molecule has 18 heavy (non-hydrogen) atoms. The molecule has 92 valence electrons. The number of hydrogen-bond donors (Lipinski definition) is 1. The van der Waals surface area contributed by atoms with Gasteiger partial charge in [-0.15, -0.1) is 6.42 Å². The smallest absolute Gasteiger partial charge is 0.155 e. The van der Waals surface area contributed by atoms with Crippen LogP contribution in [0.5, 0.6) is 0 Å². The fourth-order valence-electron chi connectivity index (χ4n) is 2.15. The maximum Gasteiger partial charge on any atom is 0.155 e. The molecule has 2 rings (SSSR count). The Bertz CT molecular complexity index is 613. The van der Waals surface area contributed by atoms with E-state index in [1.165, 1.54) is 0 Å². The summed E-state index contributed by atoms with van der Waals surface area (Å²) < 4.78 is 0. The zero-order chi connectivity index (χ0) is 13.4. The van der Waals surface area contributed by atoms with Crippen molar-refractivity contribution in [3.8, 4) is 12.3 Å². The molecule has 2 aromatic rings. The second kappa shape index (κ2) is 4.15. The Hall–Kier alpha value is -1.78. The minimum absolute atomic E-state index is 0.412. The van der Waals surface area contributed by atoms with E-state index < -0.39 is 11.0 Å². The Balaban J connectivity index is 2.64. The van der Waals surface area contributed by atoms with Gasteiger partial charge in [-0.3, -0.25) is 0 Å². The third-order valence-corrected chi connectivity index (χ3v) is 3.46. The lowest BCUT2D eigenvalue weighted by Crippen LogP contribution is -2.38. The summed E-state index contributed by atoms with van der Waals surface area (Å²) in [6.45, 7) is 5.84. The Labute approximate surface area is 108 Å². The summed E-state index contributed by atoms with van der Waals surface area (Å²) in [6.07, 6.45) is 5.57. The first kappa shape index (κ1) is 12.7. The first-order valence-corrected chi connectivity index (χ1v) is 6.08. The minimum atomic E-state index is -1.25. The maximum atomic E-state index is 10.8. The first-order valence-electron chi connectivity index (χ1n) is 6.08. The molecular weight excluding hydrogens is 220 g/mol. The molecule has 0 aromatic heterocycles. The van der Waals surface area contributed by atoms with Gasteiger partial charge >= 0.3 is 0 Å². The Morgan fingerprint density at radius 3 is 2.17 bits per heavy atom. The molecule has 0 amide bonds. The van der Waals surface area contributed by atoms with E-state index in [2.05, 4.69) is 5.92 Å². The molecule has 1 heteroatoms. The zero-order valence-corrected chi connectivity index (χ0v) is 11.1. The molecule has 0 aliphatic rings. The molecule has 0 spiro atoms. The Kier molecular flexibility index (Phi) is 2.92. The topological polar surface area (TPSA) is 20.2 Å². The van der Waals surface area contributed by atoms with Crippen LogP contribution in [0.4, 0.5) is 0 Å². The second-order valence-corrected chi connectivity index (χ2v) is 5.67. The van der Waals surface area contributed by atoms with Crippen LogP contribution in [0.3, 0.4) is 0 Å². The van der Waals surface area contributed by atoms with E-state index >= 15 is 0 Å². The van der Waals surface area contributed by atoms with E-state index in [0.717, 1.165) is 16.3 Å². The number of rotatable bonds is 1. The third-order valence-electron chi connectivity index (χ3n) is 3.46. The molecule has 1 atom stereocenters. The van der Waals surface area contributed by atoms with Crippen molar-refractivity contribution in [1.29, 1.82) is 0 Å². The van der Waals surface area contributed by atoms with E-state index in [1.54, 1.807) is 0 Å². The van der Waals surface area contributed by atoms with Gasteiger partial charge in [-0.2, -0.15) is 0 Å². The predicted octanol–water partition coefficient (Wildman–Crippen LogP) is 3.71. The summed E-state index contributed by atoms with van der Waals surface area (Å²) in [5.41, 5.74) is -0.891. The van der Waals surface area contributed by atoms with Crippen molar-refractivity contribution in [1.82, 2.24) is 0 Å². The van der Waals surface area contributed by atoms with Crippen molar-refractivity contribution < 1.29 is 5.11 Å². The van der Waals surface area contributed by atoms with Crippen LogP contribution in [-0.4, -0.2) is 5.11 Å². The van der Waals surface area contributed by atoms with Crippen LogP contribution in [-0.2, 0) is 5.60 Å². The number of aliphatic hydroxyl groups is 1. The van der Waals surface area contributed by atoms with Gasteiger partial charge in [0.15, 0.2) is 5.60 Å². The molecule has 1 nitrogen and oxygen atoms in total. The van der Waals surface area contributed by atoms with Crippen LogP contribution >= 0.6 is 0 Å². The standard InChI is InChI=1S/C17H18O/c1-5-17(18,16(2,3)4)15-11-10-13-8-6-7-9-14(13)12-15/h1,6-12,18H,2-4H3/t17-/m0/s1. The van der Waals surface area contributed by atoms with Gasteiger partial charge in [-0.25, -0.2) is 0 Å². The van der Waals surface area contributed by atoms with E-state index in [9.17, 15) is 5.11 Å². The van der Waals surface area contributed by atoms with Gasteiger partial charge in [0.2, 0.25) is 0 Å². The molecule has 0 radical (unpaired) electrons. The van der Waals surface area contributed by atoms with Crippen LogP contribution in [0.2, 0.25) is 0 Å². The molecule has 2 aromatic carbocycles. The van der Waals surface area contributed by atoms with Crippen LogP contribution in [0, 0.1) is 17.8 Å². The summed E-state index contributed by atoms with van der Waals surface area (Å²) in [5, 5.41) is 13.0. The number of benzene rings is 2. The average Bonchev–Trinajstić information content (AvgIpc) is 2.35. The van der Waals surface area contributed by atoms with Gasteiger partial charge in [0.05, 0.1) is 0 Å². The van der Waals surface area contributed by atoms with Gasteiger partial charge in [0.1, 0.15) is 0 Å². The van der Waals surface area contributed by atoms with Crippen molar-refractivity contribution in [2.24, 2.45) is 5.41 Å². The van der Waals surface area contributed by atoms with Crippen LogP contribution in [0.1, 0.15) is 26.3 Å². The molecule has 1 N–H and O–H groups in total. The van der Waals surface area contributed by atoms with Crippen molar-refractivity contribution in [3.63, 3.8) is 0 Å². The highest BCUT2D eigenvalue weighted by atomic mass is 16.3. The normalized spacial score (nSPS) is 15.1. The SMILES string of the molecule is C#C[C@](O)(c1ccc2ccccc2c1)C(C)(C)C. The molecule has 0 fully saturated rings. The summed E-state index contributed by atoms with van der Waals surface area (Å²) in [7, 11) is 0. The first-order chi connectivity index (χ1) is 8.38. The predicted molar refractivity (Wildman–Crippen MR) is 76.1 cm³/mol. The Morgan fingerprint density at radius 1 is 1.00 bits per heavy atom. The molecule has 0 heterocycles. The highest BCUT2D eigenvalue weighted by Gasteiger charge is 2.40. The quantitative estimate of drug-likeness (QED) is 0.751. The molecule has 0 unspecified atom stereocenters. The van der Waals surface area contributed by atoms with Crippen molar-refractivity contribution in [3.05, 3.63) is 48.0 Å². The van der Waals surface area contributed by atoms with E-state index in [-0.39, 0.29) is 0 Å². The van der Waals surface area contributed by atoms with Gasteiger partial charge in [-0.1, -0.05) is 63.1 Å². The van der Waals surface area contributed by atoms with Crippen molar-refractivity contribution >= 4 is 10.8 Å². The number of fused-ring (bicyclic) bond motifs is 1. The monoisotopic (exact) mass is 238 g/mol. The van der Waals surface area contributed by atoms with E-state index in [1.807, 2.05) is 63.2 Å². The summed E-state index contributed by atoms with van der Waals surface area (Å²) >= 11 is 0. The third kappa shape index (κ3) is 1.89. The lowest BCUT2D eigenvalue weighted by molar-refractivity contribution is -0.00874. The largest absolute Gasteiger partial charge is 0.373 e. The fraction of sp³-hybridized carbons (Fsp3) is 0.294. The van der Waals surface area contributed by atoms with Crippen molar-refractivity contribution in [2.75, 3.05) is 0 Å². The van der Waals surface area contributed by atoms with Crippen LogP contribution in [0.25, 0.3) is 10.8 Å². The maximum absolute atomic E-state index is 10.8. The van der Waals surface area contributed by atoms with Gasteiger partial charge < -0.3 is 5.11 Å². The zero-order valence-electron chi connectivity index (χ0n) is 11.1. The summed E-state index contributed by atoms with van der Waals surface area (Å²) in [6, 6.07) is 13.9. The van der Waals surface area contributed by atoms with E-state index in [0.29, 0.717) is 0 Å². The van der Waals surface area contributed by atoms with Crippen LogP contribution in [0.15, 0.2) is 42.5 Å². The summed E-state index contributed by atoms with van der Waals surface area (Å²) in [4.78, 5) is 0. The van der Waals surface area contributed by atoms with Crippen molar-refractivity contribution in [2.45, 2.75) is 26.4 Å². The van der Waals surface area contributed by atoms with Gasteiger partial charge in [-0.05, 0) is 22.4 Å². The number of hydrogen-bond acceptors (Lipinski definition) is 1. The van der Waals surface area contributed by atoms with Gasteiger partial charge in [0, 0.05) is 5.41 Å². The second-order valence-electron chi connectivity index (χ2n) is 5.67. The average molecular weight is 238 g/mol. The molecular formula is C17H18O. The highest BCUT2D eigenvalue weighted by Crippen LogP contribution is 2.39. The molecule has 0 aliphatic heterocycles. The van der Waals surface area contributed by atoms with Gasteiger partial charge in [0.25, 0.3) is 0 Å². The fourth-order valence-corrected chi connectivity index (χ4v) is 2.15. The number of terminal acetylenes is 1. The lowest BCUT2D eigenvalue weighted by Gasteiger charge is -2.36. The molecule has 0 bridgehead atoms.